The molecule has 0 aromatic rings. The molecule has 2 N–H and O–H groups in total. The van der Waals surface area contributed by atoms with Crippen molar-refractivity contribution in [2.24, 2.45) is 5.73 Å². The first-order chi connectivity index (χ1) is 8.68. The van der Waals surface area contributed by atoms with Crippen LogP contribution in [0.2, 0.25) is 0 Å². The highest BCUT2D eigenvalue weighted by Crippen LogP contribution is 2.09. The van der Waals surface area contributed by atoms with E-state index in [0.29, 0.717) is 5.57 Å². The maximum atomic E-state index is 10.7. The van der Waals surface area contributed by atoms with Gasteiger partial charge in [-0.15, -0.1) is 0 Å². The van der Waals surface area contributed by atoms with Crippen LogP contribution in [0.1, 0.15) is 71.6 Å². The molecule has 0 saturated carbocycles. The molecule has 2 nitrogen and oxygen atoms in total. The minimum Gasteiger partial charge on any atom is -0.366 e. The van der Waals surface area contributed by atoms with Gasteiger partial charge in [0.25, 0.3) is 0 Å². The third-order valence-electron chi connectivity index (χ3n) is 3.10. The number of unbranched alkanes of at least 4 members (excludes halogenated alkanes) is 8. The molecule has 0 spiro atoms. The van der Waals surface area contributed by atoms with Gasteiger partial charge < -0.3 is 5.73 Å². The van der Waals surface area contributed by atoms with Gasteiger partial charge >= 0.3 is 0 Å². The second-order valence-electron chi connectivity index (χ2n) is 4.91. The van der Waals surface area contributed by atoms with Crippen molar-refractivity contribution in [3.8, 4) is 0 Å². The molecule has 0 atom stereocenters. The molecule has 0 aliphatic carbocycles. The fourth-order valence-corrected chi connectivity index (χ4v) is 1.79. The molecule has 0 aliphatic rings. The number of rotatable bonds is 11. The van der Waals surface area contributed by atoms with Crippen LogP contribution in [0.5, 0.6) is 0 Å². The van der Waals surface area contributed by atoms with Crippen LogP contribution in [0.3, 0.4) is 0 Å². The molecule has 0 aromatic carbocycles. The average molecular weight is 251 g/mol. The fourth-order valence-electron chi connectivity index (χ4n) is 1.79. The molecule has 0 bridgehead atoms. The number of hydrogen-bond acceptors (Lipinski definition) is 1. The number of allylic oxidation sites excluding steroid dienone is 3. The zero-order valence-corrected chi connectivity index (χ0v) is 12.1. The Labute approximate surface area is 112 Å². The standard InChI is InChI=1S/C16H29NO/c1-3-4-5-6-7-8-9-10-11-12-13-14-15(2)16(17)18/h12-14H,3-11H2,1-2H3,(H2,17,18). The van der Waals surface area contributed by atoms with Gasteiger partial charge in [0, 0.05) is 5.57 Å². The number of nitrogens with two attached hydrogens (primary N) is 1. The van der Waals surface area contributed by atoms with Gasteiger partial charge in [-0.05, 0) is 19.8 Å². The molecule has 0 radical (unpaired) electrons. The maximum absolute atomic E-state index is 10.7. The molecule has 1 amide bonds. The lowest BCUT2D eigenvalue weighted by Crippen LogP contribution is -2.11. The molecule has 0 saturated heterocycles. The van der Waals surface area contributed by atoms with E-state index in [4.69, 9.17) is 5.73 Å². The number of carbonyl (C=O) groups is 1. The monoisotopic (exact) mass is 251 g/mol. The van der Waals surface area contributed by atoms with Crippen LogP contribution < -0.4 is 5.73 Å². The molecule has 0 heterocycles. The fraction of sp³-hybridized carbons (Fsp3) is 0.688. The zero-order chi connectivity index (χ0) is 13.6. The van der Waals surface area contributed by atoms with Crippen molar-refractivity contribution in [3.05, 3.63) is 23.8 Å². The lowest BCUT2D eigenvalue weighted by molar-refractivity contribution is -0.114. The number of primary amides is 1. The summed E-state index contributed by atoms with van der Waals surface area (Å²) in [5, 5.41) is 0. The van der Waals surface area contributed by atoms with Crippen molar-refractivity contribution in [2.45, 2.75) is 71.6 Å². The van der Waals surface area contributed by atoms with Gasteiger partial charge in [-0.3, -0.25) is 4.79 Å². The average Bonchev–Trinajstić information content (AvgIpc) is 2.35. The van der Waals surface area contributed by atoms with Gasteiger partial charge in [0.2, 0.25) is 5.91 Å². The summed E-state index contributed by atoms with van der Waals surface area (Å²) in [5.74, 6) is -0.341. The number of carbonyl (C=O) groups excluding carboxylic acids is 1. The van der Waals surface area contributed by atoms with Gasteiger partial charge in [-0.1, -0.05) is 70.1 Å². The van der Waals surface area contributed by atoms with E-state index in [0.717, 1.165) is 6.42 Å². The first-order valence-electron chi connectivity index (χ1n) is 7.31. The van der Waals surface area contributed by atoms with Crippen molar-refractivity contribution in [1.29, 1.82) is 0 Å². The Kier molecular flexibility index (Phi) is 11.7. The van der Waals surface area contributed by atoms with E-state index in [1.807, 2.05) is 6.08 Å². The lowest BCUT2D eigenvalue weighted by Gasteiger charge is -1.99. The molecule has 104 valence electrons. The van der Waals surface area contributed by atoms with E-state index < -0.39 is 0 Å². The Morgan fingerprint density at radius 1 is 1.00 bits per heavy atom. The Morgan fingerprint density at radius 2 is 1.56 bits per heavy atom. The molecule has 18 heavy (non-hydrogen) atoms. The van der Waals surface area contributed by atoms with Gasteiger partial charge in [0.1, 0.15) is 0 Å². The Hall–Kier alpha value is -1.05. The lowest BCUT2D eigenvalue weighted by atomic mass is 10.1. The highest BCUT2D eigenvalue weighted by Gasteiger charge is 1.93. The van der Waals surface area contributed by atoms with Gasteiger partial charge in [0.15, 0.2) is 0 Å². The molecule has 0 fully saturated rings. The minimum atomic E-state index is -0.341. The molecular weight excluding hydrogens is 222 g/mol. The predicted octanol–water partition coefficient (Wildman–Crippen LogP) is 4.51. The summed E-state index contributed by atoms with van der Waals surface area (Å²) in [6, 6.07) is 0. The van der Waals surface area contributed by atoms with Crippen LogP contribution >= 0.6 is 0 Å². The Morgan fingerprint density at radius 3 is 2.11 bits per heavy atom. The van der Waals surface area contributed by atoms with E-state index in [1.54, 1.807) is 13.0 Å². The molecule has 0 aliphatic heterocycles. The molecule has 0 aromatic heterocycles. The van der Waals surface area contributed by atoms with Crippen molar-refractivity contribution < 1.29 is 4.79 Å². The predicted molar refractivity (Wildman–Crippen MR) is 79.3 cm³/mol. The normalized spacial score (nSPS) is 12.2. The highest BCUT2D eigenvalue weighted by atomic mass is 16.1. The van der Waals surface area contributed by atoms with Crippen LogP contribution in [0.25, 0.3) is 0 Å². The largest absolute Gasteiger partial charge is 0.366 e. The third kappa shape index (κ3) is 11.4. The zero-order valence-electron chi connectivity index (χ0n) is 12.1. The summed E-state index contributed by atoms with van der Waals surface area (Å²) in [4.78, 5) is 10.7. The summed E-state index contributed by atoms with van der Waals surface area (Å²) < 4.78 is 0. The SMILES string of the molecule is CCCCCCCCCCC=CC=C(C)C(N)=O. The van der Waals surface area contributed by atoms with Gasteiger partial charge in [0.05, 0.1) is 0 Å². The first kappa shape index (κ1) is 16.9. The van der Waals surface area contributed by atoms with E-state index >= 15 is 0 Å². The molecule has 0 rings (SSSR count). The number of amides is 1. The van der Waals surface area contributed by atoms with Gasteiger partial charge in [-0.25, -0.2) is 0 Å². The summed E-state index contributed by atoms with van der Waals surface area (Å²) in [6.07, 6.45) is 17.7. The summed E-state index contributed by atoms with van der Waals surface area (Å²) in [6.45, 7) is 3.99. The van der Waals surface area contributed by atoms with E-state index in [-0.39, 0.29) is 5.91 Å². The third-order valence-corrected chi connectivity index (χ3v) is 3.10. The van der Waals surface area contributed by atoms with Crippen LogP contribution in [0.15, 0.2) is 23.8 Å². The summed E-state index contributed by atoms with van der Waals surface area (Å²) in [5.41, 5.74) is 5.74. The van der Waals surface area contributed by atoms with Crippen LogP contribution in [-0.2, 0) is 4.79 Å². The van der Waals surface area contributed by atoms with E-state index in [2.05, 4.69) is 13.0 Å². The van der Waals surface area contributed by atoms with Gasteiger partial charge in [-0.2, -0.15) is 0 Å². The highest BCUT2D eigenvalue weighted by molar-refractivity contribution is 5.91. The summed E-state index contributed by atoms with van der Waals surface area (Å²) >= 11 is 0. The molecule has 0 unspecified atom stereocenters. The minimum absolute atomic E-state index is 0.341. The second kappa shape index (κ2) is 12.4. The van der Waals surface area contributed by atoms with Crippen LogP contribution in [0, 0.1) is 0 Å². The topological polar surface area (TPSA) is 43.1 Å². The summed E-state index contributed by atoms with van der Waals surface area (Å²) in [7, 11) is 0. The Bertz CT molecular complexity index is 266. The molecule has 2 heteroatoms. The van der Waals surface area contributed by atoms with Crippen molar-refractivity contribution in [3.63, 3.8) is 0 Å². The first-order valence-corrected chi connectivity index (χ1v) is 7.31. The van der Waals surface area contributed by atoms with Crippen molar-refractivity contribution in [2.75, 3.05) is 0 Å². The smallest absolute Gasteiger partial charge is 0.244 e. The molecular formula is C16H29NO. The van der Waals surface area contributed by atoms with E-state index in [9.17, 15) is 4.79 Å². The Balaban J connectivity index is 3.33. The van der Waals surface area contributed by atoms with Crippen molar-refractivity contribution >= 4 is 5.91 Å². The second-order valence-corrected chi connectivity index (χ2v) is 4.91. The van der Waals surface area contributed by atoms with Crippen LogP contribution in [-0.4, -0.2) is 5.91 Å². The quantitative estimate of drug-likeness (QED) is 0.328. The number of hydrogen-bond donors (Lipinski definition) is 1. The van der Waals surface area contributed by atoms with Crippen molar-refractivity contribution in [1.82, 2.24) is 0 Å². The van der Waals surface area contributed by atoms with Crippen LogP contribution in [0.4, 0.5) is 0 Å². The van der Waals surface area contributed by atoms with E-state index in [1.165, 1.54) is 51.4 Å². The maximum Gasteiger partial charge on any atom is 0.244 e.